The van der Waals surface area contributed by atoms with Crippen molar-refractivity contribution in [2.75, 3.05) is 6.54 Å². The van der Waals surface area contributed by atoms with E-state index in [9.17, 15) is 14.4 Å². The highest BCUT2D eigenvalue weighted by Gasteiger charge is 2.53. The zero-order chi connectivity index (χ0) is 22.2. The summed E-state index contributed by atoms with van der Waals surface area (Å²) >= 11 is 0. The van der Waals surface area contributed by atoms with Gasteiger partial charge in [0.1, 0.15) is 11.2 Å². The second kappa shape index (κ2) is 8.17. The van der Waals surface area contributed by atoms with Crippen molar-refractivity contribution in [2.45, 2.75) is 64.7 Å². The van der Waals surface area contributed by atoms with E-state index in [4.69, 9.17) is 0 Å². The Labute approximate surface area is 182 Å². The molecule has 1 aliphatic carbocycles. The summed E-state index contributed by atoms with van der Waals surface area (Å²) in [6, 6.07) is 7.98. The Balaban J connectivity index is 1.60. The lowest BCUT2D eigenvalue weighted by Gasteiger charge is -2.44. The van der Waals surface area contributed by atoms with Gasteiger partial charge in [-0.05, 0) is 38.7 Å². The van der Waals surface area contributed by atoms with Crippen molar-refractivity contribution in [1.29, 1.82) is 0 Å². The number of aromatic nitrogens is 2. The fraction of sp³-hybridized carbons (Fsp3) is 0.478. The number of benzene rings is 1. The first-order chi connectivity index (χ1) is 14.8. The Morgan fingerprint density at radius 3 is 2.71 bits per heavy atom. The highest BCUT2D eigenvalue weighted by Crippen LogP contribution is 2.38. The van der Waals surface area contributed by atoms with Gasteiger partial charge in [-0.2, -0.15) is 0 Å². The number of carbonyl (C=O) groups is 3. The van der Waals surface area contributed by atoms with E-state index in [-0.39, 0.29) is 41.7 Å². The number of carbonyl (C=O) groups excluding carboxylic acids is 3. The molecule has 31 heavy (non-hydrogen) atoms. The molecule has 2 N–H and O–H groups in total. The summed E-state index contributed by atoms with van der Waals surface area (Å²) in [5, 5.41) is 5.80. The van der Waals surface area contributed by atoms with Crippen LogP contribution in [0, 0.1) is 6.92 Å². The summed E-state index contributed by atoms with van der Waals surface area (Å²) < 4.78 is 1.65. The van der Waals surface area contributed by atoms with Crippen LogP contribution in [0.1, 0.15) is 65.2 Å². The van der Waals surface area contributed by atoms with E-state index in [1.54, 1.807) is 16.4 Å². The molecular formula is C23H29N5O3. The van der Waals surface area contributed by atoms with E-state index < -0.39 is 5.54 Å². The number of amides is 3. The van der Waals surface area contributed by atoms with Gasteiger partial charge >= 0.3 is 0 Å². The largest absolute Gasteiger partial charge is 0.351 e. The molecule has 0 radical (unpaired) electrons. The number of hydrogen-bond donors (Lipinski definition) is 2. The highest BCUT2D eigenvalue weighted by atomic mass is 16.2. The molecule has 4 rings (SSSR count). The van der Waals surface area contributed by atoms with Crippen molar-refractivity contribution in [1.82, 2.24) is 25.1 Å². The van der Waals surface area contributed by atoms with Crippen molar-refractivity contribution >= 4 is 17.7 Å². The molecule has 1 aromatic carbocycles. The van der Waals surface area contributed by atoms with Crippen LogP contribution in [0.5, 0.6) is 0 Å². The zero-order valence-corrected chi connectivity index (χ0v) is 18.3. The maximum absolute atomic E-state index is 13.5. The summed E-state index contributed by atoms with van der Waals surface area (Å²) in [6.07, 6.45) is 4.00. The summed E-state index contributed by atoms with van der Waals surface area (Å²) in [4.78, 5) is 45.2. The summed E-state index contributed by atoms with van der Waals surface area (Å²) in [5.74, 6) is -0.862. The van der Waals surface area contributed by atoms with Gasteiger partial charge in [-0.1, -0.05) is 36.8 Å². The second-order valence-corrected chi connectivity index (χ2v) is 8.68. The first kappa shape index (κ1) is 21.1. The summed E-state index contributed by atoms with van der Waals surface area (Å²) in [5.41, 5.74) is 1.49. The predicted molar refractivity (Wildman–Crippen MR) is 115 cm³/mol. The first-order valence-corrected chi connectivity index (χ1v) is 10.9. The Kier molecular flexibility index (Phi) is 5.56. The van der Waals surface area contributed by atoms with Crippen LogP contribution in [-0.4, -0.2) is 50.3 Å². The van der Waals surface area contributed by atoms with Gasteiger partial charge in [0.2, 0.25) is 5.91 Å². The Morgan fingerprint density at radius 2 is 2.03 bits per heavy atom. The predicted octanol–water partition coefficient (Wildman–Crippen LogP) is 2.02. The molecule has 1 aliphatic heterocycles. The molecule has 8 heteroatoms. The first-order valence-electron chi connectivity index (χ1n) is 10.9. The Morgan fingerprint density at radius 1 is 1.26 bits per heavy atom. The lowest BCUT2D eigenvalue weighted by Crippen LogP contribution is -2.64. The van der Waals surface area contributed by atoms with Crippen LogP contribution in [-0.2, 0) is 17.9 Å². The van der Waals surface area contributed by atoms with Crippen LogP contribution in [0.2, 0.25) is 0 Å². The highest BCUT2D eigenvalue weighted by molar-refractivity contribution is 6.07. The molecule has 0 unspecified atom stereocenters. The molecule has 1 atom stereocenters. The number of imidazole rings is 1. The maximum Gasteiger partial charge on any atom is 0.274 e. The molecule has 2 aromatic rings. The van der Waals surface area contributed by atoms with Crippen LogP contribution in [0.3, 0.4) is 0 Å². The summed E-state index contributed by atoms with van der Waals surface area (Å²) in [7, 11) is 0. The standard InChI is InChI=1S/C23H29N5O3/c1-4-10-24-20(29)18-19-21(30)28(17-8-9-17)23(3,13-27(19)14-26-18)22(31)25-12-16-7-5-6-15(2)11-16/h5-7,11,14,17H,4,8-10,12-13H2,1-3H3,(H,24,29)(H,25,31)/t23-/m0/s1. The number of nitrogens with one attached hydrogen (secondary N) is 2. The van der Waals surface area contributed by atoms with E-state index in [0.717, 1.165) is 30.4 Å². The molecule has 2 aliphatic rings. The minimum Gasteiger partial charge on any atom is -0.351 e. The third kappa shape index (κ3) is 3.94. The Hall–Kier alpha value is -3.16. The number of rotatable bonds is 7. The van der Waals surface area contributed by atoms with Crippen molar-refractivity contribution in [2.24, 2.45) is 0 Å². The van der Waals surface area contributed by atoms with Gasteiger partial charge in [0.15, 0.2) is 5.69 Å². The molecule has 164 valence electrons. The smallest absolute Gasteiger partial charge is 0.274 e. The maximum atomic E-state index is 13.5. The topological polar surface area (TPSA) is 96.3 Å². The van der Waals surface area contributed by atoms with Crippen molar-refractivity contribution in [3.05, 3.63) is 53.1 Å². The lowest BCUT2D eigenvalue weighted by atomic mass is 9.93. The van der Waals surface area contributed by atoms with Crippen molar-refractivity contribution < 1.29 is 14.4 Å². The minimum atomic E-state index is -1.05. The SMILES string of the molecule is CCCNC(=O)c1ncn2c1C(=O)N(C1CC1)[C@](C)(C(=O)NCc1cccc(C)c1)C2. The minimum absolute atomic E-state index is 0.0115. The number of hydrogen-bond acceptors (Lipinski definition) is 4. The second-order valence-electron chi connectivity index (χ2n) is 8.68. The van der Waals surface area contributed by atoms with Crippen molar-refractivity contribution in [3.8, 4) is 0 Å². The molecule has 0 bridgehead atoms. The van der Waals surface area contributed by atoms with Crippen LogP contribution < -0.4 is 10.6 Å². The molecule has 1 aromatic heterocycles. The van der Waals surface area contributed by atoms with Gasteiger partial charge in [-0.25, -0.2) is 4.98 Å². The fourth-order valence-corrected chi connectivity index (χ4v) is 4.24. The van der Waals surface area contributed by atoms with E-state index in [1.165, 1.54) is 6.33 Å². The van der Waals surface area contributed by atoms with Gasteiger partial charge in [0, 0.05) is 19.1 Å². The van der Waals surface area contributed by atoms with E-state index >= 15 is 0 Å². The zero-order valence-electron chi connectivity index (χ0n) is 18.3. The monoisotopic (exact) mass is 423 g/mol. The summed E-state index contributed by atoms with van der Waals surface area (Å²) in [6.45, 7) is 6.95. The molecule has 0 spiro atoms. The molecule has 0 saturated heterocycles. The van der Waals surface area contributed by atoms with E-state index in [0.29, 0.717) is 13.1 Å². The molecule has 1 saturated carbocycles. The molecule has 1 fully saturated rings. The number of nitrogens with zero attached hydrogens (tertiary/aromatic N) is 3. The average Bonchev–Trinajstić information content (AvgIpc) is 3.48. The van der Waals surface area contributed by atoms with Gasteiger partial charge in [0.25, 0.3) is 11.8 Å². The molecule has 2 heterocycles. The Bertz CT molecular complexity index is 1030. The van der Waals surface area contributed by atoms with Crippen LogP contribution >= 0.6 is 0 Å². The van der Waals surface area contributed by atoms with Crippen molar-refractivity contribution in [3.63, 3.8) is 0 Å². The molecule has 8 nitrogen and oxygen atoms in total. The lowest BCUT2D eigenvalue weighted by molar-refractivity contribution is -0.133. The fourth-order valence-electron chi connectivity index (χ4n) is 4.24. The number of aryl methyl sites for hydroxylation is 1. The average molecular weight is 424 g/mol. The van der Waals surface area contributed by atoms with Crippen LogP contribution in [0.4, 0.5) is 0 Å². The molecular weight excluding hydrogens is 394 g/mol. The van der Waals surface area contributed by atoms with E-state index in [1.807, 2.05) is 38.1 Å². The van der Waals surface area contributed by atoms with E-state index in [2.05, 4.69) is 15.6 Å². The van der Waals surface area contributed by atoms with Gasteiger partial charge in [-0.3, -0.25) is 14.4 Å². The van der Waals surface area contributed by atoms with Crippen LogP contribution in [0.25, 0.3) is 0 Å². The van der Waals surface area contributed by atoms with Crippen LogP contribution in [0.15, 0.2) is 30.6 Å². The quantitative estimate of drug-likeness (QED) is 0.712. The normalized spacial score (nSPS) is 20.4. The third-order valence-corrected chi connectivity index (χ3v) is 5.96. The van der Waals surface area contributed by atoms with Gasteiger partial charge in [0.05, 0.1) is 12.9 Å². The van der Waals surface area contributed by atoms with Gasteiger partial charge in [-0.15, -0.1) is 0 Å². The number of fused-ring (bicyclic) bond motifs is 1. The molecule has 3 amide bonds. The third-order valence-electron chi connectivity index (χ3n) is 5.96. The van der Waals surface area contributed by atoms with Gasteiger partial charge < -0.3 is 20.1 Å².